The molecule has 0 heterocycles. The van der Waals surface area contributed by atoms with Gasteiger partial charge in [-0.1, -0.05) is 30.3 Å². The fourth-order valence-corrected chi connectivity index (χ4v) is 1.46. The number of hydrogen-bond donors (Lipinski definition) is 3. The maximum atomic E-state index is 11.9. The molecule has 2 atom stereocenters. The van der Waals surface area contributed by atoms with Crippen molar-refractivity contribution >= 4 is 11.8 Å². The van der Waals surface area contributed by atoms with E-state index in [1.165, 1.54) is 0 Å². The lowest BCUT2D eigenvalue weighted by molar-refractivity contribution is -0.127. The number of rotatable bonds is 5. The van der Waals surface area contributed by atoms with Crippen molar-refractivity contribution in [2.45, 2.75) is 18.9 Å². The summed E-state index contributed by atoms with van der Waals surface area (Å²) in [6.45, 7) is 1.72. The lowest BCUT2D eigenvalue weighted by Crippen LogP contribution is -2.45. The molecule has 0 bridgehead atoms. The third kappa shape index (κ3) is 3.57. The van der Waals surface area contributed by atoms with Gasteiger partial charge < -0.3 is 16.8 Å². The molecule has 1 aromatic carbocycles. The summed E-state index contributed by atoms with van der Waals surface area (Å²) in [5.74, 6) is -1.31. The van der Waals surface area contributed by atoms with E-state index in [2.05, 4.69) is 5.32 Å². The molecule has 1 rings (SSSR count). The van der Waals surface area contributed by atoms with Gasteiger partial charge in [0.25, 0.3) is 0 Å². The molecular formula is C12H17N3O2. The highest BCUT2D eigenvalue weighted by Crippen LogP contribution is 2.14. The van der Waals surface area contributed by atoms with Gasteiger partial charge in [0.1, 0.15) is 6.04 Å². The molecule has 17 heavy (non-hydrogen) atoms. The van der Waals surface area contributed by atoms with E-state index in [1.54, 1.807) is 6.92 Å². The second-order valence-corrected chi connectivity index (χ2v) is 3.83. The lowest BCUT2D eigenvalue weighted by Gasteiger charge is -2.17. The molecule has 0 fully saturated rings. The topological polar surface area (TPSA) is 98.2 Å². The molecule has 0 aliphatic heterocycles. The maximum Gasteiger partial charge on any atom is 0.239 e. The van der Waals surface area contributed by atoms with Crippen LogP contribution >= 0.6 is 0 Å². The number of benzene rings is 1. The van der Waals surface area contributed by atoms with Gasteiger partial charge in [0, 0.05) is 6.54 Å². The van der Waals surface area contributed by atoms with Gasteiger partial charge in [0.05, 0.1) is 5.92 Å². The molecule has 5 heteroatoms. The molecule has 0 radical (unpaired) electrons. The first-order valence-corrected chi connectivity index (χ1v) is 5.41. The van der Waals surface area contributed by atoms with Gasteiger partial charge in [-0.15, -0.1) is 0 Å². The average molecular weight is 235 g/mol. The van der Waals surface area contributed by atoms with Crippen LogP contribution in [0.2, 0.25) is 0 Å². The van der Waals surface area contributed by atoms with Crippen molar-refractivity contribution in [1.82, 2.24) is 5.32 Å². The van der Waals surface area contributed by atoms with Crippen molar-refractivity contribution < 1.29 is 9.59 Å². The predicted octanol–water partition coefficient (Wildman–Crippen LogP) is -0.281. The highest BCUT2D eigenvalue weighted by atomic mass is 16.2. The van der Waals surface area contributed by atoms with E-state index in [0.29, 0.717) is 0 Å². The summed E-state index contributed by atoms with van der Waals surface area (Å²) >= 11 is 0. The van der Waals surface area contributed by atoms with Crippen LogP contribution in [-0.2, 0) is 9.59 Å². The molecule has 0 aliphatic carbocycles. The van der Waals surface area contributed by atoms with E-state index in [4.69, 9.17) is 11.5 Å². The van der Waals surface area contributed by atoms with Crippen LogP contribution in [0.15, 0.2) is 30.3 Å². The molecule has 0 saturated carbocycles. The van der Waals surface area contributed by atoms with Crippen LogP contribution in [0.4, 0.5) is 0 Å². The Bertz CT molecular complexity index is 392. The van der Waals surface area contributed by atoms with Crippen LogP contribution in [0.3, 0.4) is 0 Å². The third-order valence-corrected chi connectivity index (χ3v) is 2.54. The van der Waals surface area contributed by atoms with Gasteiger partial charge in [-0.25, -0.2) is 0 Å². The summed E-state index contributed by atoms with van der Waals surface area (Å²) < 4.78 is 0. The van der Waals surface area contributed by atoms with Crippen molar-refractivity contribution in [3.8, 4) is 0 Å². The zero-order valence-corrected chi connectivity index (χ0v) is 9.72. The summed E-state index contributed by atoms with van der Waals surface area (Å²) in [7, 11) is 0. The number of nitrogens with one attached hydrogen (secondary N) is 1. The van der Waals surface area contributed by atoms with E-state index in [1.807, 2.05) is 30.3 Å². The maximum absolute atomic E-state index is 11.9. The quantitative estimate of drug-likeness (QED) is 0.654. The minimum absolute atomic E-state index is 0.182. The Kier molecular flexibility index (Phi) is 4.66. The molecule has 0 spiro atoms. The van der Waals surface area contributed by atoms with Gasteiger partial charge in [0.15, 0.2) is 0 Å². The van der Waals surface area contributed by atoms with Crippen molar-refractivity contribution in [1.29, 1.82) is 0 Å². The number of amides is 2. The monoisotopic (exact) mass is 235 g/mol. The Morgan fingerprint density at radius 1 is 1.29 bits per heavy atom. The van der Waals surface area contributed by atoms with E-state index in [9.17, 15) is 9.59 Å². The lowest BCUT2D eigenvalue weighted by atomic mass is 9.98. The highest BCUT2D eigenvalue weighted by molar-refractivity contribution is 5.89. The zero-order valence-electron chi connectivity index (χ0n) is 9.72. The summed E-state index contributed by atoms with van der Waals surface area (Å²) in [6.07, 6.45) is 0. The van der Waals surface area contributed by atoms with Crippen LogP contribution in [0.1, 0.15) is 18.4 Å². The van der Waals surface area contributed by atoms with Crippen LogP contribution in [0.25, 0.3) is 0 Å². The number of primary amides is 1. The first-order valence-electron chi connectivity index (χ1n) is 5.41. The number of carbonyl (C=O) groups excluding carboxylic acids is 2. The fourth-order valence-electron chi connectivity index (χ4n) is 1.46. The largest absolute Gasteiger partial charge is 0.368 e. The second kappa shape index (κ2) is 6.00. The first kappa shape index (κ1) is 13.2. The van der Waals surface area contributed by atoms with Gasteiger partial charge in [-0.3, -0.25) is 9.59 Å². The standard InChI is InChI=1S/C12H17N3O2/c1-8(11(14)16)15-12(17)10(7-13)9-5-3-2-4-6-9/h2-6,8,10H,7,13H2,1H3,(H2,14,16)(H,15,17). The molecule has 5 nitrogen and oxygen atoms in total. The fraction of sp³-hybridized carbons (Fsp3) is 0.333. The van der Waals surface area contributed by atoms with Crippen molar-refractivity contribution in [3.63, 3.8) is 0 Å². The van der Waals surface area contributed by atoms with E-state index in [0.717, 1.165) is 5.56 Å². The Hall–Kier alpha value is -1.88. The van der Waals surface area contributed by atoms with E-state index >= 15 is 0 Å². The molecule has 0 saturated heterocycles. The Morgan fingerprint density at radius 2 is 1.88 bits per heavy atom. The van der Waals surface area contributed by atoms with Crippen LogP contribution in [0.5, 0.6) is 0 Å². The molecule has 92 valence electrons. The van der Waals surface area contributed by atoms with Gasteiger partial charge >= 0.3 is 0 Å². The Labute approximate surface area is 100 Å². The molecule has 1 aromatic rings. The predicted molar refractivity (Wildman–Crippen MR) is 65.0 cm³/mol. The number of nitrogens with two attached hydrogens (primary N) is 2. The van der Waals surface area contributed by atoms with Crippen molar-refractivity contribution in [2.24, 2.45) is 11.5 Å². The molecular weight excluding hydrogens is 218 g/mol. The zero-order chi connectivity index (χ0) is 12.8. The minimum atomic E-state index is -0.694. The molecule has 2 amide bonds. The van der Waals surface area contributed by atoms with Gasteiger partial charge in [-0.2, -0.15) is 0 Å². The molecule has 0 aliphatic rings. The smallest absolute Gasteiger partial charge is 0.239 e. The Morgan fingerprint density at radius 3 is 2.35 bits per heavy atom. The minimum Gasteiger partial charge on any atom is -0.368 e. The van der Waals surface area contributed by atoms with Crippen LogP contribution in [-0.4, -0.2) is 24.4 Å². The molecule has 5 N–H and O–H groups in total. The highest BCUT2D eigenvalue weighted by Gasteiger charge is 2.21. The number of carbonyl (C=O) groups is 2. The third-order valence-electron chi connectivity index (χ3n) is 2.54. The number of hydrogen-bond acceptors (Lipinski definition) is 3. The second-order valence-electron chi connectivity index (χ2n) is 3.83. The Balaban J connectivity index is 2.75. The summed E-state index contributed by atoms with van der Waals surface area (Å²) in [6, 6.07) is 8.49. The normalized spacial score (nSPS) is 13.8. The summed E-state index contributed by atoms with van der Waals surface area (Å²) in [5.41, 5.74) is 11.5. The molecule has 2 unspecified atom stereocenters. The average Bonchev–Trinajstić information content (AvgIpc) is 2.31. The van der Waals surface area contributed by atoms with Crippen LogP contribution in [0, 0.1) is 0 Å². The first-order chi connectivity index (χ1) is 8.06. The summed E-state index contributed by atoms with van der Waals surface area (Å²) in [4.78, 5) is 22.7. The SMILES string of the molecule is CC(NC(=O)C(CN)c1ccccc1)C(N)=O. The van der Waals surface area contributed by atoms with Crippen molar-refractivity contribution in [2.75, 3.05) is 6.54 Å². The van der Waals surface area contributed by atoms with Gasteiger partial charge in [0.2, 0.25) is 11.8 Å². The van der Waals surface area contributed by atoms with E-state index in [-0.39, 0.29) is 12.5 Å². The van der Waals surface area contributed by atoms with Crippen LogP contribution < -0.4 is 16.8 Å². The summed E-state index contributed by atoms with van der Waals surface area (Å²) in [5, 5.41) is 2.54. The molecule has 0 aromatic heterocycles. The van der Waals surface area contributed by atoms with Crippen molar-refractivity contribution in [3.05, 3.63) is 35.9 Å². The van der Waals surface area contributed by atoms with E-state index < -0.39 is 17.9 Å². The van der Waals surface area contributed by atoms with Gasteiger partial charge in [-0.05, 0) is 12.5 Å².